The number of hydrogen-bond acceptors (Lipinski definition) is 2. The maximum Gasteiger partial charge on any atom is 0.227 e. The van der Waals surface area contributed by atoms with Crippen LogP contribution in [0.4, 0.5) is 0 Å². The predicted molar refractivity (Wildman–Crippen MR) is 54.9 cm³/mol. The molecule has 0 aromatic rings. The Labute approximate surface area is 86.6 Å². The summed E-state index contributed by atoms with van der Waals surface area (Å²) in [4.78, 5) is 13.7. The maximum absolute atomic E-state index is 11.7. The van der Waals surface area contributed by atoms with Crippen LogP contribution in [0.5, 0.6) is 0 Å². The van der Waals surface area contributed by atoms with Crippen LogP contribution in [0.25, 0.3) is 0 Å². The largest absolute Gasteiger partial charge is 0.342 e. The molecule has 12 heavy (non-hydrogen) atoms. The van der Waals surface area contributed by atoms with Gasteiger partial charge >= 0.3 is 0 Å². The molecule has 1 unspecified atom stereocenters. The lowest BCUT2D eigenvalue weighted by Gasteiger charge is -2.33. The third kappa shape index (κ3) is 1.59. The number of hydrogen-bond donors (Lipinski definition) is 0. The molecular weight excluding hydrogens is 267 g/mol. The first-order valence-corrected chi connectivity index (χ1v) is 5.43. The van der Waals surface area contributed by atoms with Crippen LogP contribution >= 0.6 is 22.9 Å². The summed E-state index contributed by atoms with van der Waals surface area (Å²) >= 11 is 2.30. The second-order valence-electron chi connectivity index (χ2n) is 3.53. The molecule has 4 heteroatoms. The zero-order valence-corrected chi connectivity index (χ0v) is 9.16. The van der Waals surface area contributed by atoms with E-state index in [1.807, 2.05) is 4.90 Å². The summed E-state index contributed by atoms with van der Waals surface area (Å²) < 4.78 is 2.21. The number of rotatable bonds is 1. The van der Waals surface area contributed by atoms with Crippen LogP contribution in [-0.2, 0) is 4.79 Å². The first-order chi connectivity index (χ1) is 5.77. The molecule has 0 aromatic heterocycles. The summed E-state index contributed by atoms with van der Waals surface area (Å²) in [6.45, 7) is 4.02. The van der Waals surface area contributed by atoms with Gasteiger partial charge in [0.05, 0.1) is 5.92 Å². The van der Waals surface area contributed by atoms with Crippen LogP contribution in [-0.4, -0.2) is 40.1 Å². The van der Waals surface area contributed by atoms with Gasteiger partial charge in [-0.25, -0.2) is 3.11 Å². The fourth-order valence-electron chi connectivity index (χ4n) is 1.71. The smallest absolute Gasteiger partial charge is 0.227 e. The second kappa shape index (κ2) is 3.49. The van der Waals surface area contributed by atoms with Crippen molar-refractivity contribution in [1.29, 1.82) is 0 Å². The van der Waals surface area contributed by atoms with E-state index in [1.54, 1.807) is 0 Å². The van der Waals surface area contributed by atoms with Gasteiger partial charge in [0, 0.05) is 49.0 Å². The number of likely N-dealkylation sites (tertiary alicyclic amines) is 1. The van der Waals surface area contributed by atoms with Crippen LogP contribution < -0.4 is 0 Å². The van der Waals surface area contributed by atoms with Crippen molar-refractivity contribution in [3.63, 3.8) is 0 Å². The summed E-state index contributed by atoms with van der Waals surface area (Å²) in [5.41, 5.74) is 0. The van der Waals surface area contributed by atoms with Gasteiger partial charge in [-0.2, -0.15) is 0 Å². The molecule has 0 radical (unpaired) electrons. The lowest BCUT2D eigenvalue weighted by atomic mass is 10.1. The molecule has 1 atom stereocenters. The number of carbonyl (C=O) groups excluding carboxylic acids is 1. The van der Waals surface area contributed by atoms with Gasteiger partial charge in [-0.05, 0) is 12.8 Å². The highest BCUT2D eigenvalue weighted by Crippen LogP contribution is 2.23. The molecule has 2 aliphatic heterocycles. The van der Waals surface area contributed by atoms with Crippen LogP contribution in [0.2, 0.25) is 0 Å². The second-order valence-corrected chi connectivity index (χ2v) is 4.90. The molecule has 0 bridgehead atoms. The van der Waals surface area contributed by atoms with E-state index in [-0.39, 0.29) is 0 Å². The summed E-state index contributed by atoms with van der Waals surface area (Å²) in [5.74, 6) is 0.683. The third-order valence-corrected chi connectivity index (χ3v) is 3.53. The Morgan fingerprint density at radius 2 is 2.08 bits per heavy atom. The monoisotopic (exact) mass is 280 g/mol. The van der Waals surface area contributed by atoms with Gasteiger partial charge in [0.1, 0.15) is 0 Å². The van der Waals surface area contributed by atoms with Crippen molar-refractivity contribution in [3.8, 4) is 0 Å². The Morgan fingerprint density at radius 1 is 1.33 bits per heavy atom. The van der Waals surface area contributed by atoms with Crippen molar-refractivity contribution < 1.29 is 4.79 Å². The molecule has 0 spiro atoms. The van der Waals surface area contributed by atoms with E-state index in [2.05, 4.69) is 26.0 Å². The topological polar surface area (TPSA) is 23.6 Å². The molecular formula is C8H13IN2O. The molecule has 2 heterocycles. The summed E-state index contributed by atoms with van der Waals surface area (Å²) in [6.07, 6.45) is 2.25. The van der Waals surface area contributed by atoms with E-state index in [4.69, 9.17) is 0 Å². The minimum Gasteiger partial charge on any atom is -0.342 e. The average Bonchev–Trinajstić information content (AvgIpc) is 2.31. The molecule has 2 rings (SSSR count). The van der Waals surface area contributed by atoms with E-state index in [1.165, 1.54) is 6.42 Å². The van der Waals surface area contributed by atoms with Gasteiger partial charge < -0.3 is 4.90 Å². The first kappa shape index (κ1) is 8.74. The van der Waals surface area contributed by atoms with E-state index in [0.717, 1.165) is 32.6 Å². The van der Waals surface area contributed by atoms with Crippen molar-refractivity contribution in [1.82, 2.24) is 8.01 Å². The molecule has 0 N–H and O–H groups in total. The van der Waals surface area contributed by atoms with Gasteiger partial charge in [-0.3, -0.25) is 4.79 Å². The summed E-state index contributed by atoms with van der Waals surface area (Å²) in [7, 11) is 0. The Bertz CT molecular complexity index is 193. The van der Waals surface area contributed by atoms with E-state index < -0.39 is 0 Å². The molecule has 0 aliphatic carbocycles. The van der Waals surface area contributed by atoms with Crippen LogP contribution in [0.1, 0.15) is 12.8 Å². The zero-order chi connectivity index (χ0) is 8.55. The lowest BCUT2D eigenvalue weighted by Crippen LogP contribution is -2.45. The third-order valence-electron chi connectivity index (χ3n) is 2.66. The zero-order valence-electron chi connectivity index (χ0n) is 7.00. The van der Waals surface area contributed by atoms with Crippen LogP contribution in [0.15, 0.2) is 0 Å². The first-order valence-electron chi connectivity index (χ1n) is 4.47. The summed E-state index contributed by atoms with van der Waals surface area (Å²) in [5, 5.41) is 0. The van der Waals surface area contributed by atoms with Crippen molar-refractivity contribution in [2.24, 2.45) is 5.92 Å². The van der Waals surface area contributed by atoms with Crippen molar-refractivity contribution in [2.45, 2.75) is 12.8 Å². The maximum atomic E-state index is 11.7. The summed E-state index contributed by atoms with van der Waals surface area (Å²) in [6, 6.07) is 0. The van der Waals surface area contributed by atoms with Crippen LogP contribution in [0, 0.1) is 5.92 Å². The fraction of sp³-hybridized carbons (Fsp3) is 0.875. The normalized spacial score (nSPS) is 30.4. The van der Waals surface area contributed by atoms with Crippen LogP contribution in [0.3, 0.4) is 0 Å². The van der Waals surface area contributed by atoms with Crippen molar-refractivity contribution >= 4 is 28.8 Å². The highest BCUT2D eigenvalue weighted by Gasteiger charge is 2.32. The molecule has 2 aliphatic rings. The highest BCUT2D eigenvalue weighted by molar-refractivity contribution is 14.1. The lowest BCUT2D eigenvalue weighted by molar-refractivity contribution is -0.138. The van der Waals surface area contributed by atoms with E-state index >= 15 is 0 Å². The van der Waals surface area contributed by atoms with Gasteiger partial charge in [-0.1, -0.05) is 0 Å². The number of halogens is 1. The molecule has 68 valence electrons. The molecule has 0 saturated carbocycles. The Kier molecular flexibility index (Phi) is 2.55. The van der Waals surface area contributed by atoms with Gasteiger partial charge in [0.25, 0.3) is 0 Å². The number of nitrogens with zero attached hydrogens (tertiary/aromatic N) is 2. The number of amides is 1. The quantitative estimate of drug-likeness (QED) is 0.526. The Balaban J connectivity index is 1.87. The van der Waals surface area contributed by atoms with Crippen molar-refractivity contribution in [3.05, 3.63) is 0 Å². The minimum absolute atomic E-state index is 0.294. The SMILES string of the molecule is O=C(C1CCN(I)C1)N1CCC1. The average molecular weight is 280 g/mol. The molecule has 3 nitrogen and oxygen atoms in total. The molecule has 0 aromatic carbocycles. The molecule has 2 saturated heterocycles. The van der Waals surface area contributed by atoms with E-state index in [9.17, 15) is 4.79 Å². The standard InChI is InChI=1S/C8H13IN2O/c9-11-5-2-7(6-11)8(12)10-3-1-4-10/h7H,1-6H2. The Morgan fingerprint density at radius 3 is 2.50 bits per heavy atom. The number of carbonyl (C=O) groups is 1. The fourth-order valence-corrected chi connectivity index (χ4v) is 2.47. The predicted octanol–water partition coefficient (Wildman–Crippen LogP) is 0.891. The molecule has 2 fully saturated rings. The highest BCUT2D eigenvalue weighted by atomic mass is 127. The van der Waals surface area contributed by atoms with Gasteiger partial charge in [-0.15, -0.1) is 0 Å². The van der Waals surface area contributed by atoms with Crippen molar-refractivity contribution in [2.75, 3.05) is 26.2 Å². The Hall–Kier alpha value is 0.160. The van der Waals surface area contributed by atoms with Gasteiger partial charge in [0.15, 0.2) is 0 Å². The molecule has 1 amide bonds. The van der Waals surface area contributed by atoms with E-state index in [0.29, 0.717) is 11.8 Å². The van der Waals surface area contributed by atoms with Gasteiger partial charge in [0.2, 0.25) is 5.91 Å². The minimum atomic E-state index is 0.294.